The number of rotatable bonds is 5. The van der Waals surface area contributed by atoms with Gasteiger partial charge in [-0.3, -0.25) is 0 Å². The fourth-order valence-electron chi connectivity index (χ4n) is 3.37. The summed E-state index contributed by atoms with van der Waals surface area (Å²) in [5.41, 5.74) is 0.909. The minimum Gasteiger partial charge on any atom is -0.494 e. The van der Waals surface area contributed by atoms with Crippen LogP contribution < -0.4 is 9.47 Å². The van der Waals surface area contributed by atoms with E-state index in [4.69, 9.17) is 21.1 Å². The van der Waals surface area contributed by atoms with Crippen LogP contribution in [0, 0.1) is 16.7 Å². The van der Waals surface area contributed by atoms with Gasteiger partial charge in [-0.1, -0.05) is 24.3 Å². The zero-order valence-electron chi connectivity index (χ0n) is 15.3. The summed E-state index contributed by atoms with van der Waals surface area (Å²) >= 11 is 6.18. The van der Waals surface area contributed by atoms with Gasteiger partial charge in [0, 0.05) is 5.38 Å². The lowest BCUT2D eigenvalue weighted by atomic mass is 9.75. The van der Waals surface area contributed by atoms with Crippen LogP contribution in [0.3, 0.4) is 0 Å². The number of hydrogen-bond donors (Lipinski definition) is 0. The van der Waals surface area contributed by atoms with Crippen LogP contribution in [0.25, 0.3) is 11.1 Å². The van der Waals surface area contributed by atoms with Crippen LogP contribution in [0.2, 0.25) is 0 Å². The normalized spacial score (nSPS) is 21.9. The number of hydrogen-bond acceptors (Lipinski definition) is 4. The summed E-state index contributed by atoms with van der Waals surface area (Å²) in [5, 5.41) is 9.38. The highest BCUT2D eigenvalue weighted by Crippen LogP contribution is 2.39. The fraction of sp³-hybridized carbons (Fsp3) is 0.364. The van der Waals surface area contributed by atoms with Gasteiger partial charge >= 0.3 is 5.97 Å². The maximum atomic E-state index is 12.6. The lowest BCUT2D eigenvalue weighted by Gasteiger charge is -2.30. The zero-order valence-corrected chi connectivity index (χ0v) is 16.0. The molecule has 0 aliphatic heterocycles. The smallest absolute Gasteiger partial charge is 0.331 e. The molecule has 3 rings (SSSR count). The van der Waals surface area contributed by atoms with E-state index in [1.807, 2.05) is 43.3 Å². The molecule has 0 N–H and O–H groups in total. The number of ether oxygens (including phenoxy) is 2. The summed E-state index contributed by atoms with van der Waals surface area (Å²) < 4.78 is 10.9. The highest BCUT2D eigenvalue weighted by Gasteiger charge is 2.44. The third kappa shape index (κ3) is 4.43. The number of halogens is 1. The second-order valence-electron chi connectivity index (χ2n) is 6.76. The average molecular weight is 384 g/mol. The Balaban J connectivity index is 1.70. The van der Waals surface area contributed by atoms with Gasteiger partial charge in [-0.05, 0) is 68.0 Å². The summed E-state index contributed by atoms with van der Waals surface area (Å²) in [6, 6.07) is 17.2. The van der Waals surface area contributed by atoms with Crippen LogP contribution >= 0.6 is 11.6 Å². The van der Waals surface area contributed by atoms with E-state index in [1.54, 1.807) is 12.1 Å². The molecule has 1 aliphatic carbocycles. The number of nitrogens with zero attached hydrogens (tertiary/aromatic N) is 1. The molecule has 0 radical (unpaired) electrons. The van der Waals surface area contributed by atoms with Crippen LogP contribution in [0.1, 0.15) is 32.6 Å². The minimum atomic E-state index is -1.14. The molecule has 4 nitrogen and oxygen atoms in total. The summed E-state index contributed by atoms with van der Waals surface area (Å²) in [4.78, 5) is 12.6. The Kier molecular flexibility index (Phi) is 6.03. The SMILES string of the molecule is CCOc1ccc(-c2ccc(OC(=O)C3(C#N)CCCC(Cl)C3)cc2)cc1. The average Bonchev–Trinajstić information content (AvgIpc) is 2.69. The van der Waals surface area contributed by atoms with Crippen molar-refractivity contribution in [3.05, 3.63) is 48.5 Å². The van der Waals surface area contributed by atoms with E-state index in [2.05, 4.69) is 6.07 Å². The van der Waals surface area contributed by atoms with Crippen molar-refractivity contribution in [3.8, 4) is 28.7 Å². The van der Waals surface area contributed by atoms with Gasteiger partial charge in [-0.25, -0.2) is 4.79 Å². The van der Waals surface area contributed by atoms with E-state index >= 15 is 0 Å². The minimum absolute atomic E-state index is 0.159. The number of alkyl halides is 1. The van der Waals surface area contributed by atoms with Crippen molar-refractivity contribution in [3.63, 3.8) is 0 Å². The number of nitriles is 1. The van der Waals surface area contributed by atoms with E-state index in [0.29, 0.717) is 25.2 Å². The summed E-state index contributed by atoms with van der Waals surface area (Å²) in [5.74, 6) is 0.754. The Morgan fingerprint density at radius 1 is 1.15 bits per heavy atom. The number of esters is 1. The molecule has 0 heterocycles. The van der Waals surface area contributed by atoms with Crippen molar-refractivity contribution in [1.82, 2.24) is 0 Å². The Morgan fingerprint density at radius 2 is 1.74 bits per heavy atom. The topological polar surface area (TPSA) is 59.3 Å². The Morgan fingerprint density at radius 3 is 2.26 bits per heavy atom. The number of carbonyl (C=O) groups is 1. The first-order valence-corrected chi connectivity index (χ1v) is 9.61. The van der Waals surface area contributed by atoms with Gasteiger partial charge in [0.05, 0.1) is 12.7 Å². The molecule has 27 heavy (non-hydrogen) atoms. The van der Waals surface area contributed by atoms with Gasteiger partial charge in [-0.2, -0.15) is 5.26 Å². The van der Waals surface area contributed by atoms with Gasteiger partial charge in [0.2, 0.25) is 0 Å². The van der Waals surface area contributed by atoms with Gasteiger partial charge < -0.3 is 9.47 Å². The zero-order chi connectivity index (χ0) is 19.3. The highest BCUT2D eigenvalue weighted by atomic mass is 35.5. The van der Waals surface area contributed by atoms with Crippen molar-refractivity contribution in [2.75, 3.05) is 6.61 Å². The second kappa shape index (κ2) is 8.45. The standard InChI is InChI=1S/C22H22ClNO3/c1-2-26-19-9-5-16(6-10-19)17-7-11-20(12-8-17)27-21(25)22(15-24)13-3-4-18(23)14-22/h5-12,18H,2-4,13-14H2,1H3. The van der Waals surface area contributed by atoms with Gasteiger partial charge in [-0.15, -0.1) is 11.6 Å². The molecule has 5 heteroatoms. The van der Waals surface area contributed by atoms with Crippen molar-refractivity contribution >= 4 is 17.6 Å². The first-order valence-electron chi connectivity index (χ1n) is 9.17. The van der Waals surface area contributed by atoms with E-state index in [0.717, 1.165) is 29.7 Å². The van der Waals surface area contributed by atoms with E-state index < -0.39 is 11.4 Å². The quantitative estimate of drug-likeness (QED) is 0.396. The lowest BCUT2D eigenvalue weighted by molar-refractivity contribution is -0.144. The van der Waals surface area contributed by atoms with Gasteiger partial charge in [0.1, 0.15) is 11.5 Å². The maximum Gasteiger partial charge on any atom is 0.331 e. The Bertz CT molecular complexity index is 826. The molecule has 2 atom stereocenters. The molecule has 2 aromatic carbocycles. The largest absolute Gasteiger partial charge is 0.494 e. The van der Waals surface area contributed by atoms with Gasteiger partial charge in [0.25, 0.3) is 0 Å². The second-order valence-corrected chi connectivity index (χ2v) is 7.38. The Hall–Kier alpha value is -2.51. The first kappa shape index (κ1) is 19.3. The molecule has 0 bridgehead atoms. The molecular formula is C22H22ClNO3. The molecule has 0 spiro atoms. The third-order valence-corrected chi connectivity index (χ3v) is 5.23. The van der Waals surface area contributed by atoms with Crippen LogP contribution in [-0.2, 0) is 4.79 Å². The van der Waals surface area contributed by atoms with Crippen molar-refractivity contribution in [2.24, 2.45) is 5.41 Å². The molecule has 2 unspecified atom stereocenters. The lowest BCUT2D eigenvalue weighted by Crippen LogP contribution is -2.38. The summed E-state index contributed by atoms with van der Waals surface area (Å²) in [7, 11) is 0. The Labute approximate surface area is 164 Å². The molecular weight excluding hydrogens is 362 g/mol. The van der Waals surface area contributed by atoms with Crippen LogP contribution in [0.4, 0.5) is 0 Å². The predicted molar refractivity (Wildman–Crippen MR) is 105 cm³/mol. The van der Waals surface area contributed by atoms with Crippen LogP contribution in [-0.4, -0.2) is 18.0 Å². The van der Waals surface area contributed by atoms with Crippen molar-refractivity contribution in [2.45, 2.75) is 38.0 Å². The molecule has 140 valence electrons. The molecule has 1 aliphatic rings. The first-order chi connectivity index (χ1) is 13.1. The van der Waals surface area contributed by atoms with Crippen molar-refractivity contribution < 1.29 is 14.3 Å². The number of benzene rings is 2. The summed E-state index contributed by atoms with van der Waals surface area (Å²) in [6.07, 6.45) is 2.42. The van der Waals surface area contributed by atoms with Crippen LogP contribution in [0.5, 0.6) is 11.5 Å². The molecule has 0 amide bonds. The third-order valence-electron chi connectivity index (χ3n) is 4.86. The molecule has 1 saturated carbocycles. The monoisotopic (exact) mass is 383 g/mol. The number of carbonyl (C=O) groups excluding carboxylic acids is 1. The summed E-state index contributed by atoms with van der Waals surface area (Å²) in [6.45, 7) is 2.58. The predicted octanol–water partition coefficient (Wildman–Crippen LogP) is 5.35. The van der Waals surface area contributed by atoms with Crippen LogP contribution in [0.15, 0.2) is 48.5 Å². The molecule has 1 fully saturated rings. The van der Waals surface area contributed by atoms with Crippen molar-refractivity contribution in [1.29, 1.82) is 5.26 Å². The highest BCUT2D eigenvalue weighted by molar-refractivity contribution is 6.20. The van der Waals surface area contributed by atoms with Gasteiger partial charge in [0.15, 0.2) is 5.41 Å². The molecule has 0 aromatic heterocycles. The van der Waals surface area contributed by atoms with E-state index in [-0.39, 0.29) is 5.38 Å². The van der Waals surface area contributed by atoms with E-state index in [9.17, 15) is 10.1 Å². The fourth-order valence-corrected chi connectivity index (χ4v) is 3.79. The molecule has 2 aromatic rings. The molecule has 0 saturated heterocycles. The maximum absolute atomic E-state index is 12.6. The van der Waals surface area contributed by atoms with E-state index in [1.165, 1.54) is 0 Å².